The van der Waals surface area contributed by atoms with Crippen LogP contribution in [-0.2, 0) is 11.3 Å². The fourth-order valence-electron chi connectivity index (χ4n) is 3.16. The van der Waals surface area contributed by atoms with Gasteiger partial charge in [0.1, 0.15) is 17.2 Å². The fourth-order valence-corrected chi connectivity index (χ4v) is 3.16. The van der Waals surface area contributed by atoms with Crippen molar-refractivity contribution in [2.24, 2.45) is 0 Å². The Balaban J connectivity index is 1.66. The van der Waals surface area contributed by atoms with Crippen LogP contribution in [0.5, 0.6) is 0 Å². The highest BCUT2D eigenvalue weighted by Gasteiger charge is 2.33. The minimum absolute atomic E-state index is 0.126. The van der Waals surface area contributed by atoms with Crippen molar-refractivity contribution in [3.05, 3.63) is 35.3 Å². The van der Waals surface area contributed by atoms with Gasteiger partial charge in [-0.05, 0) is 38.0 Å². The molecule has 4 nitrogen and oxygen atoms in total. The van der Waals surface area contributed by atoms with E-state index in [1.54, 1.807) is 6.07 Å². The molecule has 1 amide bonds. The number of rotatable bonds is 4. The molecular weight excluding hydrogens is 285 g/mol. The van der Waals surface area contributed by atoms with Gasteiger partial charge in [0, 0.05) is 10.9 Å². The number of hydrogen-bond donors (Lipinski definition) is 2. The van der Waals surface area contributed by atoms with Gasteiger partial charge >= 0.3 is 0 Å². The number of aryl methyl sites for hydroxylation is 1. The van der Waals surface area contributed by atoms with Gasteiger partial charge in [-0.3, -0.25) is 4.79 Å². The molecule has 0 atom stereocenters. The quantitative estimate of drug-likeness (QED) is 0.912. The summed E-state index contributed by atoms with van der Waals surface area (Å²) in [6, 6.07) is 4.37. The van der Waals surface area contributed by atoms with Crippen LogP contribution in [0.1, 0.15) is 43.4 Å². The third-order valence-electron chi connectivity index (χ3n) is 4.47. The van der Waals surface area contributed by atoms with Crippen molar-refractivity contribution in [3.63, 3.8) is 0 Å². The van der Waals surface area contributed by atoms with Gasteiger partial charge in [-0.25, -0.2) is 4.39 Å². The van der Waals surface area contributed by atoms with Gasteiger partial charge in [0.05, 0.1) is 18.6 Å². The van der Waals surface area contributed by atoms with Gasteiger partial charge in [0.2, 0.25) is 5.91 Å². The average molecular weight is 305 g/mol. The van der Waals surface area contributed by atoms with Crippen LogP contribution in [0.3, 0.4) is 0 Å². The predicted octanol–water partition coefficient (Wildman–Crippen LogP) is 3.19. The van der Waals surface area contributed by atoms with Crippen LogP contribution in [0.2, 0.25) is 0 Å². The van der Waals surface area contributed by atoms with E-state index in [0.717, 1.165) is 23.8 Å². The lowest BCUT2D eigenvalue weighted by Gasteiger charge is -2.20. The second-order valence-electron chi connectivity index (χ2n) is 6.18. The Hall–Kier alpha value is -1.88. The first kappa shape index (κ1) is 15.0. The summed E-state index contributed by atoms with van der Waals surface area (Å²) in [5, 5.41) is 13.7. The zero-order valence-electron chi connectivity index (χ0n) is 12.6. The van der Waals surface area contributed by atoms with Gasteiger partial charge in [0.25, 0.3) is 0 Å². The number of carbonyl (C=O) groups is 1. The molecule has 1 fully saturated rings. The Morgan fingerprint density at radius 2 is 2.14 bits per heavy atom. The van der Waals surface area contributed by atoms with Crippen molar-refractivity contribution in [3.8, 4) is 0 Å². The standard InChI is InChI=1S/C17H20FNO3/c1-11-13-8-12(18)4-5-14(13)22-15(11)10-19-16(20)9-17(21)6-2-3-7-17/h4-5,8,21H,2-3,6-7,9-10H2,1H3,(H,19,20). The molecule has 2 aromatic rings. The smallest absolute Gasteiger partial charge is 0.223 e. The first-order valence-corrected chi connectivity index (χ1v) is 7.63. The van der Waals surface area contributed by atoms with Gasteiger partial charge in [-0.1, -0.05) is 12.8 Å². The van der Waals surface area contributed by atoms with E-state index in [9.17, 15) is 14.3 Å². The van der Waals surface area contributed by atoms with Crippen LogP contribution in [-0.4, -0.2) is 16.6 Å². The van der Waals surface area contributed by atoms with Crippen molar-refractivity contribution < 1.29 is 18.7 Å². The lowest BCUT2D eigenvalue weighted by molar-refractivity contribution is -0.126. The molecule has 5 heteroatoms. The highest BCUT2D eigenvalue weighted by atomic mass is 19.1. The van der Waals surface area contributed by atoms with Crippen molar-refractivity contribution in [1.82, 2.24) is 5.32 Å². The molecule has 0 spiro atoms. The third-order valence-corrected chi connectivity index (χ3v) is 4.47. The maximum Gasteiger partial charge on any atom is 0.223 e. The summed E-state index contributed by atoms with van der Waals surface area (Å²) in [5.41, 5.74) is 0.586. The zero-order valence-corrected chi connectivity index (χ0v) is 12.6. The number of amides is 1. The minimum atomic E-state index is -0.851. The molecule has 0 bridgehead atoms. The fraction of sp³-hybridized carbons (Fsp3) is 0.471. The second-order valence-corrected chi connectivity index (χ2v) is 6.18. The molecule has 1 aromatic carbocycles. The van der Waals surface area contributed by atoms with Crippen molar-refractivity contribution in [2.75, 3.05) is 0 Å². The van der Waals surface area contributed by atoms with Crippen LogP contribution in [0, 0.1) is 12.7 Å². The third kappa shape index (κ3) is 2.99. The lowest BCUT2D eigenvalue weighted by atomic mass is 9.98. The largest absolute Gasteiger partial charge is 0.459 e. The Labute approximate surface area is 128 Å². The molecule has 1 aliphatic carbocycles. The van der Waals surface area contributed by atoms with E-state index >= 15 is 0 Å². The van der Waals surface area contributed by atoms with E-state index in [1.807, 2.05) is 6.92 Å². The minimum Gasteiger partial charge on any atom is -0.459 e. The summed E-state index contributed by atoms with van der Waals surface area (Å²) >= 11 is 0. The molecule has 1 aliphatic rings. The number of nitrogens with one attached hydrogen (secondary N) is 1. The van der Waals surface area contributed by atoms with Gasteiger partial charge < -0.3 is 14.8 Å². The summed E-state index contributed by atoms with van der Waals surface area (Å²) in [6.07, 6.45) is 3.43. The number of carbonyl (C=O) groups excluding carboxylic acids is 1. The van der Waals surface area contributed by atoms with E-state index in [1.165, 1.54) is 12.1 Å². The molecule has 0 aliphatic heterocycles. The van der Waals surface area contributed by atoms with E-state index in [0.29, 0.717) is 24.2 Å². The number of benzene rings is 1. The molecule has 1 heterocycles. The summed E-state index contributed by atoms with van der Waals surface area (Å²) in [5.74, 6) is 0.123. The number of hydrogen-bond acceptors (Lipinski definition) is 3. The Kier molecular flexibility index (Phi) is 3.91. The number of aliphatic hydroxyl groups is 1. The SMILES string of the molecule is Cc1c(CNC(=O)CC2(O)CCCC2)oc2ccc(F)cc12. The number of fused-ring (bicyclic) bond motifs is 1. The summed E-state index contributed by atoms with van der Waals surface area (Å²) < 4.78 is 18.9. The van der Waals surface area contributed by atoms with E-state index in [-0.39, 0.29) is 24.7 Å². The molecule has 0 saturated heterocycles. The molecule has 118 valence electrons. The average Bonchev–Trinajstić information content (AvgIpc) is 3.02. The molecule has 0 unspecified atom stereocenters. The summed E-state index contributed by atoms with van der Waals surface area (Å²) in [4.78, 5) is 12.0. The van der Waals surface area contributed by atoms with Gasteiger partial charge in [-0.2, -0.15) is 0 Å². The maximum atomic E-state index is 13.3. The topological polar surface area (TPSA) is 62.5 Å². The normalized spacial score (nSPS) is 17.0. The van der Waals surface area contributed by atoms with Crippen molar-refractivity contribution in [1.29, 1.82) is 0 Å². The molecule has 0 radical (unpaired) electrons. The van der Waals surface area contributed by atoms with Gasteiger partial charge in [-0.15, -0.1) is 0 Å². The molecule has 22 heavy (non-hydrogen) atoms. The van der Waals surface area contributed by atoms with Crippen LogP contribution in [0.25, 0.3) is 11.0 Å². The first-order valence-electron chi connectivity index (χ1n) is 7.63. The Morgan fingerprint density at radius 3 is 2.86 bits per heavy atom. The first-order chi connectivity index (χ1) is 10.5. The van der Waals surface area contributed by atoms with Gasteiger partial charge in [0.15, 0.2) is 0 Å². The summed E-state index contributed by atoms with van der Waals surface area (Å²) in [7, 11) is 0. The van der Waals surface area contributed by atoms with Crippen molar-refractivity contribution >= 4 is 16.9 Å². The highest BCUT2D eigenvalue weighted by molar-refractivity contribution is 5.82. The van der Waals surface area contributed by atoms with Crippen LogP contribution < -0.4 is 5.32 Å². The second kappa shape index (κ2) is 5.72. The van der Waals surface area contributed by atoms with Crippen LogP contribution >= 0.6 is 0 Å². The van der Waals surface area contributed by atoms with E-state index < -0.39 is 5.60 Å². The van der Waals surface area contributed by atoms with Crippen LogP contribution in [0.15, 0.2) is 22.6 Å². The Morgan fingerprint density at radius 1 is 1.41 bits per heavy atom. The van der Waals surface area contributed by atoms with Crippen molar-refractivity contribution in [2.45, 2.75) is 51.2 Å². The molecule has 2 N–H and O–H groups in total. The number of halogens is 1. The van der Waals surface area contributed by atoms with E-state index in [2.05, 4.69) is 5.32 Å². The molecule has 1 aromatic heterocycles. The lowest BCUT2D eigenvalue weighted by Crippen LogP contribution is -2.34. The monoisotopic (exact) mass is 305 g/mol. The Bertz CT molecular complexity index is 701. The number of furan rings is 1. The highest BCUT2D eigenvalue weighted by Crippen LogP contribution is 2.32. The molecular formula is C17H20FNO3. The molecule has 3 rings (SSSR count). The van der Waals surface area contributed by atoms with Crippen LogP contribution in [0.4, 0.5) is 4.39 Å². The zero-order chi connectivity index (χ0) is 15.7. The van der Waals surface area contributed by atoms with E-state index in [4.69, 9.17) is 4.42 Å². The molecule has 1 saturated carbocycles. The maximum absolute atomic E-state index is 13.3. The summed E-state index contributed by atoms with van der Waals surface area (Å²) in [6.45, 7) is 2.09. The predicted molar refractivity (Wildman–Crippen MR) is 80.8 cm³/mol.